The van der Waals surface area contributed by atoms with E-state index in [-0.39, 0.29) is 0 Å². The highest BCUT2D eigenvalue weighted by Crippen LogP contribution is 2.20. The summed E-state index contributed by atoms with van der Waals surface area (Å²) >= 11 is 0. The first-order chi connectivity index (χ1) is 15.3. The first-order valence-corrected chi connectivity index (χ1v) is 12.9. The standard InChI is InChI=1S/C28H44N2O/c1-3-5-7-9-10-11-12-13-14-15-17-25-23-29-28(30-24-25)26-18-20-27(21-19-26)31-22-16-8-6-4-2/h18-21,23-24H,3-17,22H2,1-2H3. The zero-order valence-electron chi connectivity index (χ0n) is 20.1. The van der Waals surface area contributed by atoms with Gasteiger partial charge in [0, 0.05) is 18.0 Å². The van der Waals surface area contributed by atoms with Gasteiger partial charge in [0.2, 0.25) is 0 Å². The largest absolute Gasteiger partial charge is 0.494 e. The predicted molar refractivity (Wildman–Crippen MR) is 133 cm³/mol. The van der Waals surface area contributed by atoms with Gasteiger partial charge in [0.15, 0.2) is 5.82 Å². The molecule has 0 atom stereocenters. The molecule has 0 saturated heterocycles. The maximum Gasteiger partial charge on any atom is 0.159 e. The molecule has 1 aromatic carbocycles. The molecule has 0 unspecified atom stereocenters. The van der Waals surface area contributed by atoms with Crippen LogP contribution >= 0.6 is 0 Å². The molecule has 0 bridgehead atoms. The lowest BCUT2D eigenvalue weighted by Gasteiger charge is -2.07. The average molecular weight is 425 g/mol. The number of hydrogen-bond acceptors (Lipinski definition) is 3. The number of rotatable bonds is 18. The van der Waals surface area contributed by atoms with Crippen molar-refractivity contribution in [3.63, 3.8) is 0 Å². The van der Waals surface area contributed by atoms with Crippen LogP contribution in [0.3, 0.4) is 0 Å². The lowest BCUT2D eigenvalue weighted by Crippen LogP contribution is -1.97. The van der Waals surface area contributed by atoms with Crippen molar-refractivity contribution < 1.29 is 4.74 Å². The Kier molecular flexibility index (Phi) is 13.7. The van der Waals surface area contributed by atoms with E-state index in [9.17, 15) is 0 Å². The van der Waals surface area contributed by atoms with Crippen LogP contribution in [0, 0.1) is 0 Å². The molecule has 0 aliphatic carbocycles. The minimum atomic E-state index is 0.793. The summed E-state index contributed by atoms with van der Waals surface area (Å²) in [5, 5.41) is 0. The highest BCUT2D eigenvalue weighted by atomic mass is 16.5. The van der Waals surface area contributed by atoms with E-state index in [4.69, 9.17) is 4.74 Å². The molecule has 1 aromatic heterocycles. The van der Waals surface area contributed by atoms with E-state index in [2.05, 4.69) is 35.9 Å². The zero-order chi connectivity index (χ0) is 22.0. The molecule has 0 radical (unpaired) electrons. The topological polar surface area (TPSA) is 35.0 Å². The molecule has 172 valence electrons. The molecule has 2 rings (SSSR count). The van der Waals surface area contributed by atoms with Crippen LogP contribution in [0.2, 0.25) is 0 Å². The molecule has 31 heavy (non-hydrogen) atoms. The van der Waals surface area contributed by atoms with Gasteiger partial charge in [-0.3, -0.25) is 0 Å². The molecule has 3 nitrogen and oxygen atoms in total. The fourth-order valence-electron chi connectivity index (χ4n) is 3.87. The van der Waals surface area contributed by atoms with Crippen molar-refractivity contribution in [1.29, 1.82) is 0 Å². The highest BCUT2D eigenvalue weighted by molar-refractivity contribution is 5.55. The summed E-state index contributed by atoms with van der Waals surface area (Å²) in [5.41, 5.74) is 2.29. The van der Waals surface area contributed by atoms with Crippen LogP contribution in [0.4, 0.5) is 0 Å². The quantitative estimate of drug-likeness (QED) is 0.225. The van der Waals surface area contributed by atoms with Gasteiger partial charge in [-0.2, -0.15) is 0 Å². The summed E-state index contributed by atoms with van der Waals surface area (Å²) in [7, 11) is 0. The molecular weight excluding hydrogens is 380 g/mol. The van der Waals surface area contributed by atoms with Gasteiger partial charge in [0.1, 0.15) is 5.75 Å². The van der Waals surface area contributed by atoms with E-state index in [0.29, 0.717) is 0 Å². The Labute approximate surface area is 191 Å². The van der Waals surface area contributed by atoms with Crippen molar-refractivity contribution in [2.45, 2.75) is 110 Å². The molecule has 3 heteroatoms. The van der Waals surface area contributed by atoms with E-state index in [1.165, 1.54) is 89.0 Å². The molecule has 0 fully saturated rings. The smallest absolute Gasteiger partial charge is 0.159 e. The third-order valence-electron chi connectivity index (χ3n) is 5.90. The molecule has 0 spiro atoms. The van der Waals surface area contributed by atoms with Crippen LogP contribution < -0.4 is 4.74 Å². The molecule has 0 N–H and O–H groups in total. The normalized spacial score (nSPS) is 11.0. The zero-order valence-corrected chi connectivity index (χ0v) is 20.1. The minimum Gasteiger partial charge on any atom is -0.494 e. The number of aryl methyl sites for hydroxylation is 1. The summed E-state index contributed by atoms with van der Waals surface area (Å²) < 4.78 is 5.82. The van der Waals surface area contributed by atoms with Gasteiger partial charge in [-0.15, -0.1) is 0 Å². The van der Waals surface area contributed by atoms with Gasteiger partial charge in [0.25, 0.3) is 0 Å². The van der Waals surface area contributed by atoms with Crippen LogP contribution in [0.25, 0.3) is 11.4 Å². The van der Waals surface area contributed by atoms with Gasteiger partial charge in [0.05, 0.1) is 6.61 Å². The Bertz CT molecular complexity index is 666. The predicted octanol–water partition coefficient (Wildman–Crippen LogP) is 8.57. The van der Waals surface area contributed by atoms with Crippen molar-refractivity contribution in [3.8, 4) is 17.1 Å². The third kappa shape index (κ3) is 11.3. The number of ether oxygens (including phenoxy) is 1. The number of nitrogens with zero attached hydrogens (tertiary/aromatic N) is 2. The van der Waals surface area contributed by atoms with Gasteiger partial charge in [-0.1, -0.05) is 90.9 Å². The second-order valence-electron chi connectivity index (χ2n) is 8.78. The summed E-state index contributed by atoms with van der Waals surface area (Å²) in [6, 6.07) is 8.16. The maximum atomic E-state index is 5.82. The molecule has 0 amide bonds. The van der Waals surface area contributed by atoms with Gasteiger partial charge in [-0.25, -0.2) is 9.97 Å². The second-order valence-corrected chi connectivity index (χ2v) is 8.78. The van der Waals surface area contributed by atoms with Gasteiger partial charge < -0.3 is 4.74 Å². The van der Waals surface area contributed by atoms with Crippen molar-refractivity contribution in [2.75, 3.05) is 6.61 Å². The Morgan fingerprint density at radius 3 is 1.71 bits per heavy atom. The molecule has 0 aliphatic heterocycles. The van der Waals surface area contributed by atoms with Crippen LogP contribution in [-0.2, 0) is 6.42 Å². The van der Waals surface area contributed by atoms with E-state index >= 15 is 0 Å². The molecular formula is C28H44N2O. The Balaban J connectivity index is 1.60. The van der Waals surface area contributed by atoms with Crippen LogP contribution in [0.5, 0.6) is 5.75 Å². The van der Waals surface area contributed by atoms with Crippen LogP contribution in [0.15, 0.2) is 36.7 Å². The van der Waals surface area contributed by atoms with Crippen molar-refractivity contribution in [2.24, 2.45) is 0 Å². The fraction of sp³-hybridized carbons (Fsp3) is 0.643. The summed E-state index contributed by atoms with van der Waals surface area (Å²) in [4.78, 5) is 9.17. The first-order valence-electron chi connectivity index (χ1n) is 12.9. The van der Waals surface area contributed by atoms with Crippen molar-refractivity contribution in [3.05, 3.63) is 42.2 Å². The number of unbranched alkanes of at least 4 members (excludes halogenated alkanes) is 12. The summed E-state index contributed by atoms with van der Waals surface area (Å²) in [5.74, 6) is 1.72. The number of aromatic nitrogens is 2. The van der Waals surface area contributed by atoms with Crippen LogP contribution in [-0.4, -0.2) is 16.6 Å². The third-order valence-corrected chi connectivity index (χ3v) is 5.90. The van der Waals surface area contributed by atoms with Crippen molar-refractivity contribution >= 4 is 0 Å². The molecule has 0 saturated carbocycles. The highest BCUT2D eigenvalue weighted by Gasteiger charge is 2.03. The Hall–Kier alpha value is -1.90. The van der Waals surface area contributed by atoms with Crippen molar-refractivity contribution in [1.82, 2.24) is 9.97 Å². The monoisotopic (exact) mass is 424 g/mol. The summed E-state index contributed by atoms with van der Waals surface area (Å²) in [6.07, 6.45) is 23.7. The van der Waals surface area contributed by atoms with Crippen LogP contribution in [0.1, 0.15) is 109 Å². The van der Waals surface area contributed by atoms with E-state index in [0.717, 1.165) is 36.6 Å². The number of hydrogen-bond donors (Lipinski definition) is 0. The molecule has 1 heterocycles. The second kappa shape index (κ2) is 16.8. The van der Waals surface area contributed by atoms with Gasteiger partial charge >= 0.3 is 0 Å². The van der Waals surface area contributed by atoms with Gasteiger partial charge in [-0.05, 0) is 49.1 Å². The first kappa shape index (κ1) is 25.4. The lowest BCUT2D eigenvalue weighted by atomic mass is 10.0. The van der Waals surface area contributed by atoms with E-state index in [1.807, 2.05) is 24.5 Å². The maximum absolute atomic E-state index is 5.82. The number of benzene rings is 1. The van der Waals surface area contributed by atoms with E-state index in [1.54, 1.807) is 0 Å². The Morgan fingerprint density at radius 2 is 1.13 bits per heavy atom. The fourth-order valence-corrected chi connectivity index (χ4v) is 3.87. The lowest BCUT2D eigenvalue weighted by molar-refractivity contribution is 0.305. The Morgan fingerprint density at radius 1 is 0.613 bits per heavy atom. The molecule has 2 aromatic rings. The summed E-state index contributed by atoms with van der Waals surface area (Å²) in [6.45, 7) is 5.30. The SMILES string of the molecule is CCCCCCCCCCCCc1cnc(-c2ccc(OCCCCCC)cc2)nc1. The minimum absolute atomic E-state index is 0.793. The average Bonchev–Trinajstić information content (AvgIpc) is 2.81. The molecule has 0 aliphatic rings. The van der Waals surface area contributed by atoms with E-state index < -0.39 is 0 Å².